The van der Waals surface area contributed by atoms with E-state index in [1.807, 2.05) is 0 Å². The third kappa shape index (κ3) is 3.89. The number of hydrogen-bond acceptors (Lipinski definition) is 2. The van der Waals surface area contributed by atoms with E-state index in [0.717, 1.165) is 10.9 Å². The standard InChI is InChI=1S/C10H14BrNO/c1-8(12-13-2)7-9-3-5-10(11)6-4-9/h3-6,8,12H,7H2,1-2H3. The molecule has 1 unspecified atom stereocenters. The van der Waals surface area contributed by atoms with Crippen LogP contribution in [-0.2, 0) is 11.3 Å². The first-order chi connectivity index (χ1) is 6.22. The van der Waals surface area contributed by atoms with Crippen molar-refractivity contribution < 1.29 is 4.84 Å². The van der Waals surface area contributed by atoms with Gasteiger partial charge in [0.15, 0.2) is 0 Å². The Bertz CT molecular complexity index is 248. The van der Waals surface area contributed by atoms with Crippen molar-refractivity contribution in [3.8, 4) is 0 Å². The maximum atomic E-state index is 4.84. The van der Waals surface area contributed by atoms with Crippen LogP contribution in [0, 0.1) is 0 Å². The average molecular weight is 244 g/mol. The second-order valence-corrected chi connectivity index (χ2v) is 3.97. The molecule has 0 fully saturated rings. The van der Waals surface area contributed by atoms with Gasteiger partial charge in [0.2, 0.25) is 0 Å². The summed E-state index contributed by atoms with van der Waals surface area (Å²) in [4.78, 5) is 4.84. The molecule has 0 aromatic heterocycles. The van der Waals surface area contributed by atoms with Gasteiger partial charge in [-0.05, 0) is 31.0 Å². The maximum Gasteiger partial charge on any atom is 0.0572 e. The summed E-state index contributed by atoms with van der Waals surface area (Å²) in [6, 6.07) is 8.66. The first-order valence-corrected chi connectivity index (χ1v) is 5.04. The van der Waals surface area contributed by atoms with Crippen LogP contribution in [0.5, 0.6) is 0 Å². The van der Waals surface area contributed by atoms with Crippen LogP contribution in [0.4, 0.5) is 0 Å². The fourth-order valence-corrected chi connectivity index (χ4v) is 1.48. The molecule has 2 nitrogen and oxygen atoms in total. The van der Waals surface area contributed by atoms with E-state index in [1.54, 1.807) is 7.11 Å². The molecule has 0 aliphatic carbocycles. The minimum atomic E-state index is 0.339. The molecular formula is C10H14BrNO. The van der Waals surface area contributed by atoms with E-state index in [-0.39, 0.29) is 0 Å². The molecule has 1 atom stereocenters. The second-order valence-electron chi connectivity index (χ2n) is 3.05. The predicted octanol–water partition coefficient (Wildman–Crippen LogP) is 2.53. The first-order valence-electron chi connectivity index (χ1n) is 4.25. The van der Waals surface area contributed by atoms with Gasteiger partial charge in [0, 0.05) is 10.5 Å². The molecule has 0 aliphatic heterocycles. The molecule has 72 valence electrons. The molecule has 1 N–H and O–H groups in total. The van der Waals surface area contributed by atoms with E-state index in [1.165, 1.54) is 5.56 Å². The van der Waals surface area contributed by atoms with Crippen molar-refractivity contribution >= 4 is 15.9 Å². The maximum absolute atomic E-state index is 4.84. The van der Waals surface area contributed by atoms with Gasteiger partial charge < -0.3 is 4.84 Å². The Morgan fingerprint density at radius 2 is 2.00 bits per heavy atom. The minimum absolute atomic E-state index is 0.339. The van der Waals surface area contributed by atoms with Crippen LogP contribution in [0.25, 0.3) is 0 Å². The molecule has 0 radical (unpaired) electrons. The Balaban J connectivity index is 2.49. The van der Waals surface area contributed by atoms with Crippen molar-refractivity contribution in [3.63, 3.8) is 0 Å². The molecule has 0 bridgehead atoms. The summed E-state index contributed by atoms with van der Waals surface area (Å²) in [7, 11) is 1.64. The lowest BCUT2D eigenvalue weighted by Gasteiger charge is -2.11. The molecule has 3 heteroatoms. The first kappa shape index (κ1) is 10.7. The van der Waals surface area contributed by atoms with Crippen molar-refractivity contribution in [2.75, 3.05) is 7.11 Å². The number of nitrogens with one attached hydrogen (secondary N) is 1. The highest BCUT2D eigenvalue weighted by Gasteiger charge is 2.01. The van der Waals surface area contributed by atoms with Crippen LogP contribution < -0.4 is 5.48 Å². The molecular weight excluding hydrogens is 230 g/mol. The highest BCUT2D eigenvalue weighted by atomic mass is 79.9. The van der Waals surface area contributed by atoms with Gasteiger partial charge in [-0.2, -0.15) is 5.48 Å². The third-order valence-corrected chi connectivity index (χ3v) is 2.30. The summed E-state index contributed by atoms with van der Waals surface area (Å²) in [5.41, 5.74) is 4.20. The van der Waals surface area contributed by atoms with Gasteiger partial charge in [-0.1, -0.05) is 28.1 Å². The molecule has 0 spiro atoms. The van der Waals surface area contributed by atoms with Crippen LogP contribution in [0.2, 0.25) is 0 Å². The van der Waals surface area contributed by atoms with Crippen molar-refractivity contribution in [2.24, 2.45) is 0 Å². The number of benzene rings is 1. The largest absolute Gasteiger partial charge is 0.305 e. The predicted molar refractivity (Wildman–Crippen MR) is 57.5 cm³/mol. The fraction of sp³-hybridized carbons (Fsp3) is 0.400. The topological polar surface area (TPSA) is 21.3 Å². The monoisotopic (exact) mass is 243 g/mol. The molecule has 1 aromatic rings. The van der Waals surface area contributed by atoms with Crippen LogP contribution in [0.15, 0.2) is 28.7 Å². The van der Waals surface area contributed by atoms with Gasteiger partial charge in [0.05, 0.1) is 7.11 Å². The van der Waals surface area contributed by atoms with Crippen molar-refractivity contribution in [1.29, 1.82) is 0 Å². The summed E-state index contributed by atoms with van der Waals surface area (Å²) < 4.78 is 1.11. The lowest BCUT2D eigenvalue weighted by molar-refractivity contribution is 0.0661. The molecule has 13 heavy (non-hydrogen) atoms. The zero-order valence-electron chi connectivity index (χ0n) is 7.88. The van der Waals surface area contributed by atoms with Crippen LogP contribution in [0.1, 0.15) is 12.5 Å². The summed E-state index contributed by atoms with van der Waals surface area (Å²) >= 11 is 3.40. The van der Waals surface area contributed by atoms with Gasteiger partial charge in [-0.15, -0.1) is 0 Å². The number of halogens is 1. The van der Waals surface area contributed by atoms with Crippen LogP contribution in [0.3, 0.4) is 0 Å². The molecule has 1 aromatic carbocycles. The Labute approximate surface area is 87.4 Å². The zero-order chi connectivity index (χ0) is 9.68. The average Bonchev–Trinajstić information content (AvgIpc) is 2.09. The molecule has 0 aliphatic rings. The lowest BCUT2D eigenvalue weighted by atomic mass is 10.1. The van der Waals surface area contributed by atoms with Gasteiger partial charge in [0.1, 0.15) is 0 Å². The lowest BCUT2D eigenvalue weighted by Crippen LogP contribution is -2.26. The Morgan fingerprint density at radius 1 is 1.38 bits per heavy atom. The summed E-state index contributed by atoms with van der Waals surface area (Å²) in [6.07, 6.45) is 0.973. The quantitative estimate of drug-likeness (QED) is 0.822. The third-order valence-electron chi connectivity index (χ3n) is 1.77. The van der Waals surface area contributed by atoms with Crippen molar-refractivity contribution in [1.82, 2.24) is 5.48 Å². The molecule has 1 rings (SSSR count). The summed E-state index contributed by atoms with van der Waals surface area (Å²) in [6.45, 7) is 2.09. The van der Waals surface area contributed by atoms with Crippen LogP contribution >= 0.6 is 15.9 Å². The van der Waals surface area contributed by atoms with Crippen molar-refractivity contribution in [2.45, 2.75) is 19.4 Å². The molecule has 0 amide bonds. The normalized spacial score (nSPS) is 12.8. The van der Waals surface area contributed by atoms with E-state index in [9.17, 15) is 0 Å². The Kier molecular flexibility index (Phi) is 4.42. The minimum Gasteiger partial charge on any atom is -0.305 e. The molecule has 0 saturated carbocycles. The molecule has 0 heterocycles. The van der Waals surface area contributed by atoms with Crippen molar-refractivity contribution in [3.05, 3.63) is 34.3 Å². The number of rotatable bonds is 4. The van der Waals surface area contributed by atoms with E-state index in [2.05, 4.69) is 52.6 Å². The van der Waals surface area contributed by atoms with Gasteiger partial charge in [0.25, 0.3) is 0 Å². The Morgan fingerprint density at radius 3 is 2.54 bits per heavy atom. The van der Waals surface area contributed by atoms with Gasteiger partial charge in [-0.25, -0.2) is 0 Å². The SMILES string of the molecule is CONC(C)Cc1ccc(Br)cc1. The van der Waals surface area contributed by atoms with Crippen LogP contribution in [-0.4, -0.2) is 13.2 Å². The smallest absolute Gasteiger partial charge is 0.0572 e. The van der Waals surface area contributed by atoms with Gasteiger partial charge >= 0.3 is 0 Å². The Hall–Kier alpha value is -0.380. The van der Waals surface area contributed by atoms with E-state index >= 15 is 0 Å². The fourth-order valence-electron chi connectivity index (χ4n) is 1.22. The number of hydrogen-bond donors (Lipinski definition) is 1. The van der Waals surface area contributed by atoms with E-state index in [4.69, 9.17) is 4.84 Å². The van der Waals surface area contributed by atoms with E-state index in [0.29, 0.717) is 6.04 Å². The highest BCUT2D eigenvalue weighted by molar-refractivity contribution is 9.10. The summed E-state index contributed by atoms with van der Waals surface area (Å²) in [5, 5.41) is 0. The van der Waals surface area contributed by atoms with Gasteiger partial charge in [-0.3, -0.25) is 0 Å². The van der Waals surface area contributed by atoms with E-state index < -0.39 is 0 Å². The zero-order valence-corrected chi connectivity index (χ0v) is 9.47. The second kappa shape index (κ2) is 5.37. The molecule has 0 saturated heterocycles. The highest BCUT2D eigenvalue weighted by Crippen LogP contribution is 2.11. The number of hydroxylamine groups is 1. The summed E-state index contributed by atoms with van der Waals surface area (Å²) in [5.74, 6) is 0.